The number of aromatic amines is 1. The second-order valence-corrected chi connectivity index (χ2v) is 6.62. The molecule has 4 rings (SSSR count). The Bertz CT molecular complexity index is 1040. The van der Waals surface area contributed by atoms with E-state index in [1.54, 1.807) is 30.2 Å². The number of ether oxygens (including phenoxy) is 1. The summed E-state index contributed by atoms with van der Waals surface area (Å²) in [6.45, 7) is 1.54. The molecule has 1 aliphatic rings. The summed E-state index contributed by atoms with van der Waals surface area (Å²) in [6, 6.07) is 9.21. The lowest BCUT2D eigenvalue weighted by Gasteiger charge is -2.15. The van der Waals surface area contributed by atoms with Gasteiger partial charge in [-0.1, -0.05) is 0 Å². The fraction of sp³-hybridized carbons (Fsp3) is 0.316. The van der Waals surface area contributed by atoms with E-state index in [4.69, 9.17) is 4.74 Å². The monoisotopic (exact) mass is 370 g/mol. The zero-order chi connectivity index (χ0) is 19.0. The number of H-pyrrole nitrogens is 1. The Kier molecular flexibility index (Phi) is 4.49. The third-order valence-corrected chi connectivity index (χ3v) is 4.82. The van der Waals surface area contributed by atoms with E-state index in [1.807, 2.05) is 0 Å². The van der Waals surface area contributed by atoms with Gasteiger partial charge in [0, 0.05) is 44.7 Å². The van der Waals surface area contributed by atoms with E-state index in [0.717, 1.165) is 5.56 Å². The molecule has 1 fully saturated rings. The highest BCUT2D eigenvalue weighted by Gasteiger charge is 2.31. The zero-order valence-corrected chi connectivity index (χ0v) is 14.8. The smallest absolute Gasteiger partial charge is 0.272 e. The van der Waals surface area contributed by atoms with Gasteiger partial charge in [-0.3, -0.25) is 14.7 Å². The molecule has 1 aliphatic heterocycles. The number of rotatable bonds is 5. The lowest BCUT2D eigenvalue weighted by atomic mass is 10.0. The highest BCUT2D eigenvalue weighted by Crippen LogP contribution is 2.27. The van der Waals surface area contributed by atoms with Crippen molar-refractivity contribution in [3.8, 4) is 11.3 Å². The van der Waals surface area contributed by atoms with Crippen LogP contribution in [0.1, 0.15) is 18.0 Å². The number of nitrogens with zero attached hydrogens (tertiary/aromatic N) is 3. The van der Waals surface area contributed by atoms with E-state index in [0.29, 0.717) is 43.2 Å². The van der Waals surface area contributed by atoms with E-state index < -0.39 is 0 Å². The lowest BCUT2D eigenvalue weighted by Crippen LogP contribution is -2.28. The van der Waals surface area contributed by atoms with Crippen molar-refractivity contribution in [3.05, 3.63) is 58.3 Å². The largest absolute Gasteiger partial charge is 0.383 e. The quantitative estimate of drug-likeness (QED) is 0.743. The van der Waals surface area contributed by atoms with Gasteiger partial charge in [-0.2, -0.15) is 0 Å². The number of carbonyl (C=O) groups excluding carboxylic acids is 1. The van der Waals surface area contributed by atoms with Crippen LogP contribution in [0.5, 0.6) is 0 Å². The van der Waals surface area contributed by atoms with E-state index in [2.05, 4.69) is 10.1 Å². The molecule has 3 heterocycles. The van der Waals surface area contributed by atoms with Gasteiger partial charge in [-0.25, -0.2) is 13.9 Å². The van der Waals surface area contributed by atoms with Crippen LogP contribution in [0, 0.1) is 5.82 Å². The number of nitrogens with one attached hydrogen (secondary N) is 1. The Morgan fingerprint density at radius 3 is 2.78 bits per heavy atom. The Morgan fingerprint density at radius 2 is 2.04 bits per heavy atom. The van der Waals surface area contributed by atoms with Crippen LogP contribution in [0.25, 0.3) is 16.9 Å². The Morgan fingerprint density at radius 1 is 1.26 bits per heavy atom. The van der Waals surface area contributed by atoms with Gasteiger partial charge in [-0.05, 0) is 29.8 Å². The first-order valence-corrected chi connectivity index (χ1v) is 8.70. The SMILES string of the molecule is COCCN1C[C@H](c2cc(=O)n3[nH]c(-c4ccc(F)cc4)cc3n2)CC1=O. The van der Waals surface area contributed by atoms with Crippen molar-refractivity contribution in [2.75, 3.05) is 26.8 Å². The number of hydrogen-bond acceptors (Lipinski definition) is 4. The molecule has 0 aliphatic carbocycles. The van der Waals surface area contributed by atoms with E-state index in [9.17, 15) is 14.0 Å². The molecule has 7 nitrogen and oxygen atoms in total. The minimum absolute atomic E-state index is 0.0418. The van der Waals surface area contributed by atoms with Crippen molar-refractivity contribution < 1.29 is 13.9 Å². The van der Waals surface area contributed by atoms with Gasteiger partial charge >= 0.3 is 0 Å². The predicted octanol–water partition coefficient (Wildman–Crippen LogP) is 1.79. The van der Waals surface area contributed by atoms with Gasteiger partial charge in [0.1, 0.15) is 5.82 Å². The highest BCUT2D eigenvalue weighted by molar-refractivity contribution is 5.79. The molecule has 1 saturated heterocycles. The summed E-state index contributed by atoms with van der Waals surface area (Å²) < 4.78 is 19.5. The normalized spacial score (nSPS) is 17.2. The number of hydrogen-bond donors (Lipinski definition) is 1. The Labute approximate surface area is 154 Å². The van der Waals surface area contributed by atoms with Crippen LogP contribution in [0.2, 0.25) is 0 Å². The van der Waals surface area contributed by atoms with Gasteiger partial charge in [0.2, 0.25) is 5.91 Å². The first kappa shape index (κ1) is 17.4. The van der Waals surface area contributed by atoms with Gasteiger partial charge in [0.15, 0.2) is 5.65 Å². The summed E-state index contributed by atoms with van der Waals surface area (Å²) in [7, 11) is 1.60. The van der Waals surface area contributed by atoms with Crippen molar-refractivity contribution in [2.45, 2.75) is 12.3 Å². The maximum Gasteiger partial charge on any atom is 0.272 e. The molecule has 27 heavy (non-hydrogen) atoms. The molecule has 0 bridgehead atoms. The topological polar surface area (TPSA) is 79.7 Å². The summed E-state index contributed by atoms with van der Waals surface area (Å²) in [4.78, 5) is 31.0. The third kappa shape index (κ3) is 3.35. The highest BCUT2D eigenvalue weighted by atomic mass is 19.1. The molecule has 0 unspecified atom stereocenters. The molecule has 1 aromatic carbocycles. The minimum atomic E-state index is -0.323. The number of amides is 1. The second kappa shape index (κ2) is 6.96. The number of aromatic nitrogens is 3. The average molecular weight is 370 g/mol. The summed E-state index contributed by atoms with van der Waals surface area (Å²) >= 11 is 0. The van der Waals surface area contributed by atoms with Gasteiger partial charge in [-0.15, -0.1) is 0 Å². The van der Waals surface area contributed by atoms with Crippen molar-refractivity contribution in [2.24, 2.45) is 0 Å². The first-order chi connectivity index (χ1) is 13.0. The molecule has 3 aromatic rings. The van der Waals surface area contributed by atoms with E-state index in [-0.39, 0.29) is 23.2 Å². The molecule has 1 atom stereocenters. The fourth-order valence-electron chi connectivity index (χ4n) is 3.38. The van der Waals surface area contributed by atoms with Gasteiger partial charge < -0.3 is 9.64 Å². The maximum absolute atomic E-state index is 13.1. The molecule has 0 saturated carbocycles. The van der Waals surface area contributed by atoms with Crippen molar-refractivity contribution >= 4 is 11.6 Å². The van der Waals surface area contributed by atoms with Crippen LogP contribution in [-0.4, -0.2) is 52.2 Å². The van der Waals surface area contributed by atoms with Crippen LogP contribution in [0.4, 0.5) is 4.39 Å². The van der Waals surface area contributed by atoms with Crippen LogP contribution in [-0.2, 0) is 9.53 Å². The van der Waals surface area contributed by atoms with Crippen LogP contribution in [0.3, 0.4) is 0 Å². The Hall–Kier alpha value is -3.00. The van der Waals surface area contributed by atoms with Gasteiger partial charge in [0.05, 0.1) is 18.0 Å². The summed E-state index contributed by atoms with van der Waals surface area (Å²) in [6.07, 6.45) is 0.335. The van der Waals surface area contributed by atoms with Crippen LogP contribution >= 0.6 is 0 Å². The molecule has 2 aromatic heterocycles. The molecule has 140 valence electrons. The standard InChI is InChI=1S/C19H19FN4O3/c1-27-7-6-23-11-13(8-18(23)25)15-10-19(26)24-17(21-15)9-16(22-24)12-2-4-14(20)5-3-12/h2-5,9-10,13,22H,6-8,11H2,1H3/t13-/m1/s1. The minimum Gasteiger partial charge on any atom is -0.383 e. The fourth-order valence-corrected chi connectivity index (χ4v) is 3.38. The molecule has 0 radical (unpaired) electrons. The number of carbonyl (C=O) groups is 1. The molecule has 8 heteroatoms. The van der Waals surface area contributed by atoms with Crippen LogP contribution in [0.15, 0.2) is 41.2 Å². The molecule has 1 N–H and O–H groups in total. The number of likely N-dealkylation sites (tertiary alicyclic amines) is 1. The van der Waals surface area contributed by atoms with Crippen molar-refractivity contribution in [1.82, 2.24) is 19.5 Å². The van der Waals surface area contributed by atoms with E-state index in [1.165, 1.54) is 22.7 Å². The van der Waals surface area contributed by atoms with Crippen LogP contribution < -0.4 is 5.56 Å². The second-order valence-electron chi connectivity index (χ2n) is 6.62. The molecular weight excluding hydrogens is 351 g/mol. The third-order valence-electron chi connectivity index (χ3n) is 4.82. The number of benzene rings is 1. The van der Waals surface area contributed by atoms with Gasteiger partial charge in [0.25, 0.3) is 5.56 Å². The number of fused-ring (bicyclic) bond motifs is 1. The predicted molar refractivity (Wildman–Crippen MR) is 97.0 cm³/mol. The average Bonchev–Trinajstić information content (AvgIpc) is 3.24. The molecule has 0 spiro atoms. The van der Waals surface area contributed by atoms with Crippen molar-refractivity contribution in [3.63, 3.8) is 0 Å². The summed E-state index contributed by atoms with van der Waals surface area (Å²) in [5.74, 6) is -0.396. The Balaban J connectivity index is 1.65. The molecular formula is C19H19FN4O3. The van der Waals surface area contributed by atoms with E-state index >= 15 is 0 Å². The number of halogens is 1. The lowest BCUT2D eigenvalue weighted by molar-refractivity contribution is -0.128. The first-order valence-electron chi connectivity index (χ1n) is 8.70. The maximum atomic E-state index is 13.1. The zero-order valence-electron chi connectivity index (χ0n) is 14.8. The van der Waals surface area contributed by atoms with Crippen molar-refractivity contribution in [1.29, 1.82) is 0 Å². The number of methoxy groups -OCH3 is 1. The summed E-state index contributed by atoms with van der Waals surface area (Å²) in [5, 5.41) is 2.99. The molecule has 1 amide bonds. The summed E-state index contributed by atoms with van der Waals surface area (Å²) in [5.41, 5.74) is 2.26.